The van der Waals surface area contributed by atoms with E-state index in [1.165, 1.54) is 23.5 Å². The minimum atomic E-state index is -0.438. The van der Waals surface area contributed by atoms with Gasteiger partial charge in [0.15, 0.2) is 5.11 Å². The van der Waals surface area contributed by atoms with E-state index < -0.39 is 4.92 Å². The number of hydrogen-bond acceptors (Lipinski definition) is 4. The second-order valence-corrected chi connectivity index (χ2v) is 6.80. The number of rotatable bonds is 6. The van der Waals surface area contributed by atoms with Gasteiger partial charge in [0.05, 0.1) is 15.8 Å². The molecule has 0 aliphatic rings. The molecular weight excluding hydrogens is 354 g/mol. The van der Waals surface area contributed by atoms with E-state index in [1.807, 2.05) is 17.0 Å². The van der Waals surface area contributed by atoms with Gasteiger partial charge in [-0.3, -0.25) is 10.1 Å². The summed E-state index contributed by atoms with van der Waals surface area (Å²) in [5.41, 5.74) is 0.733. The van der Waals surface area contributed by atoms with Crippen LogP contribution in [-0.2, 0) is 6.54 Å². The van der Waals surface area contributed by atoms with Crippen molar-refractivity contribution < 1.29 is 4.92 Å². The number of nitrogens with one attached hydrogen (secondary N) is 1. The molecule has 23 heavy (non-hydrogen) atoms. The molecule has 0 saturated carbocycles. The molecule has 0 unspecified atom stereocenters. The van der Waals surface area contributed by atoms with Crippen LogP contribution in [0.5, 0.6) is 0 Å². The van der Waals surface area contributed by atoms with Crippen molar-refractivity contribution in [2.45, 2.75) is 6.54 Å². The van der Waals surface area contributed by atoms with Crippen molar-refractivity contribution in [3.63, 3.8) is 0 Å². The van der Waals surface area contributed by atoms with Crippen LogP contribution in [-0.4, -0.2) is 21.5 Å². The maximum atomic E-state index is 10.7. The van der Waals surface area contributed by atoms with Crippen molar-refractivity contribution >= 4 is 51.6 Å². The molecule has 0 radical (unpaired) electrons. The number of nitro groups is 1. The van der Waals surface area contributed by atoms with Crippen LogP contribution >= 0.6 is 35.2 Å². The van der Waals surface area contributed by atoms with Gasteiger partial charge in [0.2, 0.25) is 0 Å². The van der Waals surface area contributed by atoms with Crippen molar-refractivity contribution in [3.8, 4) is 0 Å². The SMILES string of the molecule is C=CCN(Cc1ccc(Cl)s1)C(=S)Nc1ccc([N+](=O)[O-])cc1. The van der Waals surface area contributed by atoms with Crippen LogP contribution in [0.2, 0.25) is 4.34 Å². The molecule has 1 N–H and O–H groups in total. The van der Waals surface area contributed by atoms with E-state index in [9.17, 15) is 10.1 Å². The lowest BCUT2D eigenvalue weighted by Crippen LogP contribution is -2.34. The number of nitrogens with zero attached hydrogens (tertiary/aromatic N) is 2. The Labute approximate surface area is 148 Å². The number of halogens is 1. The zero-order valence-corrected chi connectivity index (χ0v) is 14.5. The molecule has 0 fully saturated rings. The molecule has 5 nitrogen and oxygen atoms in total. The number of anilines is 1. The first kappa shape index (κ1) is 17.4. The first-order valence-corrected chi connectivity index (χ1v) is 8.25. The molecule has 120 valence electrons. The Morgan fingerprint density at radius 2 is 2.09 bits per heavy atom. The highest BCUT2D eigenvalue weighted by atomic mass is 35.5. The van der Waals surface area contributed by atoms with Crippen molar-refractivity contribution in [3.05, 3.63) is 68.4 Å². The summed E-state index contributed by atoms with van der Waals surface area (Å²) in [5.74, 6) is 0. The third-order valence-corrected chi connectivity index (χ3v) is 4.52. The number of nitro benzene ring substituents is 1. The number of hydrogen-bond donors (Lipinski definition) is 1. The molecule has 0 aliphatic carbocycles. The number of benzene rings is 1. The Bertz CT molecular complexity index is 716. The zero-order valence-electron chi connectivity index (χ0n) is 12.1. The molecule has 0 atom stereocenters. The molecule has 2 rings (SSSR count). The molecule has 0 aliphatic heterocycles. The Morgan fingerprint density at radius 1 is 1.39 bits per heavy atom. The smallest absolute Gasteiger partial charge is 0.269 e. The van der Waals surface area contributed by atoms with E-state index >= 15 is 0 Å². The second-order valence-electron chi connectivity index (χ2n) is 4.61. The normalized spacial score (nSPS) is 10.1. The minimum absolute atomic E-state index is 0.0395. The summed E-state index contributed by atoms with van der Waals surface area (Å²) in [6, 6.07) is 9.92. The predicted octanol–water partition coefficient (Wildman–Crippen LogP) is 4.69. The first-order valence-electron chi connectivity index (χ1n) is 6.65. The maximum Gasteiger partial charge on any atom is 0.269 e. The van der Waals surface area contributed by atoms with Gasteiger partial charge in [0.1, 0.15) is 0 Å². The monoisotopic (exact) mass is 367 g/mol. The molecule has 1 aromatic carbocycles. The molecule has 0 saturated heterocycles. The van der Waals surface area contributed by atoms with Gasteiger partial charge in [-0.2, -0.15) is 0 Å². The fraction of sp³-hybridized carbons (Fsp3) is 0.133. The minimum Gasteiger partial charge on any atom is -0.340 e. The molecule has 1 aromatic heterocycles. The Morgan fingerprint density at radius 3 is 2.61 bits per heavy atom. The van der Waals surface area contributed by atoms with Gasteiger partial charge < -0.3 is 10.2 Å². The molecule has 0 amide bonds. The third kappa shape index (κ3) is 5.02. The molecule has 0 spiro atoms. The van der Waals surface area contributed by atoms with E-state index in [-0.39, 0.29) is 5.69 Å². The summed E-state index contributed by atoms with van der Waals surface area (Å²) in [5, 5.41) is 14.3. The van der Waals surface area contributed by atoms with Gasteiger partial charge in [-0.15, -0.1) is 17.9 Å². The van der Waals surface area contributed by atoms with Crippen LogP contribution in [0.4, 0.5) is 11.4 Å². The summed E-state index contributed by atoms with van der Waals surface area (Å²) < 4.78 is 0.729. The van der Waals surface area contributed by atoms with Crippen LogP contribution in [0.1, 0.15) is 4.88 Å². The molecule has 8 heteroatoms. The molecule has 1 heterocycles. The van der Waals surface area contributed by atoms with Gasteiger partial charge in [-0.25, -0.2) is 0 Å². The molecule has 0 bridgehead atoms. The Hall–Kier alpha value is -1.96. The lowest BCUT2D eigenvalue weighted by atomic mass is 10.3. The highest BCUT2D eigenvalue weighted by Gasteiger charge is 2.11. The van der Waals surface area contributed by atoms with Gasteiger partial charge in [0.25, 0.3) is 5.69 Å². The van der Waals surface area contributed by atoms with E-state index in [0.29, 0.717) is 23.9 Å². The van der Waals surface area contributed by atoms with Crippen molar-refractivity contribution in [1.29, 1.82) is 0 Å². The van der Waals surface area contributed by atoms with Crippen molar-refractivity contribution in [2.24, 2.45) is 0 Å². The average molecular weight is 368 g/mol. The van der Waals surface area contributed by atoms with Crippen LogP contribution < -0.4 is 5.32 Å². The topological polar surface area (TPSA) is 58.4 Å². The number of non-ortho nitro benzene ring substituents is 1. The Balaban J connectivity index is 2.05. The predicted molar refractivity (Wildman–Crippen MR) is 99.3 cm³/mol. The van der Waals surface area contributed by atoms with Gasteiger partial charge in [0, 0.05) is 29.2 Å². The lowest BCUT2D eigenvalue weighted by molar-refractivity contribution is -0.384. The summed E-state index contributed by atoms with van der Waals surface area (Å²) >= 11 is 12.9. The van der Waals surface area contributed by atoms with Crippen LogP contribution in [0.25, 0.3) is 0 Å². The fourth-order valence-electron chi connectivity index (χ4n) is 1.87. The Kier molecular flexibility index (Phi) is 6.09. The van der Waals surface area contributed by atoms with E-state index in [2.05, 4.69) is 11.9 Å². The van der Waals surface area contributed by atoms with Crippen LogP contribution in [0.15, 0.2) is 49.1 Å². The van der Waals surface area contributed by atoms with Crippen LogP contribution in [0.3, 0.4) is 0 Å². The molecular formula is C15H14ClN3O2S2. The first-order chi connectivity index (χ1) is 11.0. The maximum absolute atomic E-state index is 10.7. The summed E-state index contributed by atoms with van der Waals surface area (Å²) in [4.78, 5) is 13.2. The summed E-state index contributed by atoms with van der Waals surface area (Å²) in [6.07, 6.45) is 1.76. The van der Waals surface area contributed by atoms with E-state index in [0.717, 1.165) is 9.21 Å². The summed E-state index contributed by atoms with van der Waals surface area (Å²) in [6.45, 7) is 4.93. The van der Waals surface area contributed by atoms with E-state index in [4.69, 9.17) is 23.8 Å². The number of thiophene rings is 1. The lowest BCUT2D eigenvalue weighted by Gasteiger charge is -2.24. The van der Waals surface area contributed by atoms with Gasteiger partial charge in [-0.05, 0) is 36.5 Å². The third-order valence-electron chi connectivity index (χ3n) is 2.94. The standard InChI is InChI=1S/C15H14ClN3O2S2/c1-2-9-18(10-13-7-8-14(16)23-13)15(22)17-11-3-5-12(6-4-11)19(20)21/h2-8H,1,9-10H2,(H,17,22). The number of thiocarbonyl (C=S) groups is 1. The quantitative estimate of drug-likeness (QED) is 0.347. The highest BCUT2D eigenvalue weighted by Crippen LogP contribution is 2.23. The zero-order chi connectivity index (χ0) is 16.8. The van der Waals surface area contributed by atoms with Crippen molar-refractivity contribution in [2.75, 3.05) is 11.9 Å². The highest BCUT2D eigenvalue weighted by molar-refractivity contribution is 7.80. The second kappa shape index (κ2) is 8.05. The summed E-state index contributed by atoms with van der Waals surface area (Å²) in [7, 11) is 0. The van der Waals surface area contributed by atoms with E-state index in [1.54, 1.807) is 18.2 Å². The fourth-order valence-corrected chi connectivity index (χ4v) is 3.23. The van der Waals surface area contributed by atoms with Crippen LogP contribution in [0, 0.1) is 10.1 Å². The van der Waals surface area contributed by atoms with Gasteiger partial charge >= 0.3 is 0 Å². The van der Waals surface area contributed by atoms with Crippen molar-refractivity contribution in [1.82, 2.24) is 4.90 Å². The van der Waals surface area contributed by atoms with Gasteiger partial charge in [-0.1, -0.05) is 17.7 Å². The average Bonchev–Trinajstić information content (AvgIpc) is 2.92. The largest absolute Gasteiger partial charge is 0.340 e. The molecule has 2 aromatic rings.